The van der Waals surface area contributed by atoms with Gasteiger partial charge in [-0.2, -0.15) is 5.10 Å². The topological polar surface area (TPSA) is 108 Å². The van der Waals surface area contributed by atoms with E-state index in [1.807, 2.05) is 18.2 Å². The molecule has 1 aliphatic rings. The second-order valence-corrected chi connectivity index (χ2v) is 10.7. The number of hydrogen-bond acceptors (Lipinski definition) is 6. The van der Waals surface area contributed by atoms with E-state index in [1.54, 1.807) is 62.6 Å². The van der Waals surface area contributed by atoms with Crippen molar-refractivity contribution in [3.63, 3.8) is 0 Å². The standard InChI is InChI=1S/C30H24ClN3O5S.CH4/c1-17-24(29(36)34(33-17)21-7-3-5-19(13-21)30(37)38)16-23-10-12-27(40-23)18-9-11-26(31)25(14-18)28(35)32-20-6-4-8-22(15-20)39-2;/h3-15,24H,16H2,1-2H3,(H,32,35)(H,37,38);1H4. The number of amides is 2. The van der Waals surface area contributed by atoms with E-state index in [4.69, 9.17) is 16.3 Å². The Hall–Kier alpha value is -4.47. The SMILES string of the molecule is C.COc1cccc(NC(=O)c2cc(-c3ccc(CC4C(=O)N(c5cccc(C(=O)O)c5)N=C4C)s3)ccc2Cl)c1. The Bertz CT molecular complexity index is 1660. The monoisotopic (exact) mass is 589 g/mol. The zero-order chi connectivity index (χ0) is 28.4. The number of aromatic carboxylic acids is 1. The molecule has 0 saturated heterocycles. The second-order valence-electron chi connectivity index (χ2n) is 9.15. The van der Waals surface area contributed by atoms with Crippen LogP contribution < -0.4 is 15.1 Å². The lowest BCUT2D eigenvalue weighted by Crippen LogP contribution is -2.28. The Morgan fingerprint density at radius 1 is 1.07 bits per heavy atom. The minimum Gasteiger partial charge on any atom is -0.497 e. The van der Waals surface area contributed by atoms with Crippen molar-refractivity contribution in [3.05, 3.63) is 99.9 Å². The molecule has 2 heterocycles. The second kappa shape index (κ2) is 12.4. The average molecular weight is 590 g/mol. The molecule has 0 fully saturated rings. The minimum absolute atomic E-state index is 0. The van der Waals surface area contributed by atoms with Gasteiger partial charge in [0.05, 0.1) is 34.9 Å². The van der Waals surface area contributed by atoms with Crippen molar-refractivity contribution in [2.45, 2.75) is 20.8 Å². The van der Waals surface area contributed by atoms with Gasteiger partial charge in [0.2, 0.25) is 0 Å². The third-order valence-electron chi connectivity index (χ3n) is 6.50. The smallest absolute Gasteiger partial charge is 0.335 e. The molecule has 1 atom stereocenters. The molecule has 1 unspecified atom stereocenters. The first-order chi connectivity index (χ1) is 19.2. The number of carboxylic acids is 1. The summed E-state index contributed by atoms with van der Waals surface area (Å²) in [6.07, 6.45) is 0.449. The van der Waals surface area contributed by atoms with Gasteiger partial charge in [0.15, 0.2) is 0 Å². The number of benzene rings is 3. The van der Waals surface area contributed by atoms with Gasteiger partial charge in [-0.15, -0.1) is 11.3 Å². The highest BCUT2D eigenvalue weighted by molar-refractivity contribution is 7.15. The van der Waals surface area contributed by atoms with Crippen molar-refractivity contribution in [1.29, 1.82) is 0 Å². The number of carbonyl (C=O) groups is 3. The molecule has 0 aliphatic carbocycles. The molecule has 3 aromatic carbocycles. The fourth-order valence-electron chi connectivity index (χ4n) is 4.39. The first kappa shape index (κ1) is 29.5. The summed E-state index contributed by atoms with van der Waals surface area (Å²) >= 11 is 7.90. The van der Waals surface area contributed by atoms with Gasteiger partial charge in [0.25, 0.3) is 11.8 Å². The number of hydrazone groups is 1. The molecule has 1 aromatic heterocycles. The number of halogens is 1. The van der Waals surface area contributed by atoms with Crippen molar-refractivity contribution in [1.82, 2.24) is 0 Å². The van der Waals surface area contributed by atoms with E-state index in [0.717, 1.165) is 15.3 Å². The Kier molecular flexibility index (Phi) is 8.90. The summed E-state index contributed by atoms with van der Waals surface area (Å²) in [4.78, 5) is 39.5. The highest BCUT2D eigenvalue weighted by Crippen LogP contribution is 2.34. The maximum Gasteiger partial charge on any atom is 0.335 e. The van der Waals surface area contributed by atoms with E-state index >= 15 is 0 Å². The van der Waals surface area contributed by atoms with Crippen LogP contribution in [0.3, 0.4) is 0 Å². The average Bonchev–Trinajstić information content (AvgIpc) is 3.53. The molecule has 10 heteroatoms. The first-order valence-electron chi connectivity index (χ1n) is 12.3. The molecule has 41 heavy (non-hydrogen) atoms. The molecule has 4 aromatic rings. The van der Waals surface area contributed by atoms with Gasteiger partial charge < -0.3 is 15.2 Å². The van der Waals surface area contributed by atoms with Crippen LogP contribution in [0.1, 0.15) is 39.9 Å². The fourth-order valence-corrected chi connectivity index (χ4v) is 5.64. The van der Waals surface area contributed by atoms with E-state index in [1.165, 1.54) is 28.5 Å². The maximum absolute atomic E-state index is 13.2. The van der Waals surface area contributed by atoms with Crippen molar-refractivity contribution < 1.29 is 24.2 Å². The van der Waals surface area contributed by atoms with Crippen LogP contribution in [0.15, 0.2) is 84.0 Å². The lowest BCUT2D eigenvalue weighted by Gasteiger charge is -2.14. The van der Waals surface area contributed by atoms with Crippen LogP contribution in [-0.2, 0) is 11.2 Å². The Morgan fingerprint density at radius 3 is 2.61 bits per heavy atom. The van der Waals surface area contributed by atoms with Crippen LogP contribution in [0, 0.1) is 5.92 Å². The summed E-state index contributed by atoms with van der Waals surface area (Å²) in [6, 6.07) is 22.4. The Labute approximate surface area is 246 Å². The number of ether oxygens (including phenoxy) is 1. The largest absolute Gasteiger partial charge is 0.497 e. The number of methoxy groups -OCH3 is 1. The quantitative estimate of drug-likeness (QED) is 0.225. The van der Waals surface area contributed by atoms with Crippen LogP contribution in [0.2, 0.25) is 5.02 Å². The summed E-state index contributed by atoms with van der Waals surface area (Å²) in [6.45, 7) is 1.80. The first-order valence-corrected chi connectivity index (χ1v) is 13.5. The van der Waals surface area contributed by atoms with E-state index in [-0.39, 0.29) is 24.8 Å². The number of carboxylic acid groups (broad SMARTS) is 1. The summed E-state index contributed by atoms with van der Waals surface area (Å²) in [5.74, 6) is -1.46. The van der Waals surface area contributed by atoms with Gasteiger partial charge in [-0.05, 0) is 73.5 Å². The highest BCUT2D eigenvalue weighted by Gasteiger charge is 2.35. The third-order valence-corrected chi connectivity index (χ3v) is 7.98. The van der Waals surface area contributed by atoms with Crippen LogP contribution >= 0.6 is 22.9 Å². The van der Waals surface area contributed by atoms with Gasteiger partial charge in [-0.25, -0.2) is 9.80 Å². The molecule has 5 rings (SSSR count). The number of carbonyl (C=O) groups excluding carboxylic acids is 2. The molecular weight excluding hydrogens is 562 g/mol. The zero-order valence-corrected chi connectivity index (χ0v) is 23.1. The van der Waals surface area contributed by atoms with Gasteiger partial charge in [-0.3, -0.25) is 9.59 Å². The number of rotatable bonds is 8. The van der Waals surface area contributed by atoms with Gasteiger partial charge in [-0.1, -0.05) is 37.2 Å². The summed E-state index contributed by atoms with van der Waals surface area (Å²) in [7, 11) is 1.56. The number of nitrogens with one attached hydrogen (secondary N) is 1. The van der Waals surface area contributed by atoms with Crippen molar-refractivity contribution in [2.24, 2.45) is 11.0 Å². The molecule has 0 saturated carbocycles. The van der Waals surface area contributed by atoms with Crippen LogP contribution in [0.25, 0.3) is 10.4 Å². The molecule has 0 radical (unpaired) electrons. The van der Waals surface area contributed by atoms with E-state index < -0.39 is 11.9 Å². The van der Waals surface area contributed by atoms with E-state index in [0.29, 0.717) is 39.8 Å². The van der Waals surface area contributed by atoms with Crippen molar-refractivity contribution in [3.8, 4) is 16.2 Å². The molecule has 1 aliphatic heterocycles. The predicted octanol–water partition coefficient (Wildman–Crippen LogP) is 7.25. The normalized spacial score (nSPS) is 14.3. The molecular formula is C31H28ClN3O5S. The van der Waals surface area contributed by atoms with Crippen molar-refractivity contribution in [2.75, 3.05) is 17.4 Å². The molecule has 2 amide bonds. The van der Waals surface area contributed by atoms with Crippen molar-refractivity contribution >= 4 is 57.8 Å². The number of hydrogen-bond donors (Lipinski definition) is 2. The minimum atomic E-state index is -1.07. The lowest BCUT2D eigenvalue weighted by atomic mass is 9.99. The lowest BCUT2D eigenvalue weighted by molar-refractivity contribution is -0.119. The Balaban J connectivity index is 0.00000387. The number of anilines is 2. The predicted molar refractivity (Wildman–Crippen MR) is 164 cm³/mol. The van der Waals surface area contributed by atoms with Crippen LogP contribution in [0.5, 0.6) is 5.75 Å². The molecule has 0 bridgehead atoms. The Morgan fingerprint density at radius 2 is 1.85 bits per heavy atom. The number of thiophene rings is 1. The molecule has 2 N–H and O–H groups in total. The van der Waals surface area contributed by atoms with Gasteiger partial charge in [0, 0.05) is 27.2 Å². The fraction of sp³-hybridized carbons (Fsp3) is 0.161. The van der Waals surface area contributed by atoms with Gasteiger partial charge >= 0.3 is 5.97 Å². The molecule has 210 valence electrons. The van der Waals surface area contributed by atoms with E-state index in [2.05, 4.69) is 10.4 Å². The van der Waals surface area contributed by atoms with E-state index in [9.17, 15) is 19.5 Å². The highest BCUT2D eigenvalue weighted by atomic mass is 35.5. The van der Waals surface area contributed by atoms with Crippen LogP contribution in [0.4, 0.5) is 11.4 Å². The summed E-state index contributed by atoms with van der Waals surface area (Å²) in [5.41, 5.74) is 2.91. The third kappa shape index (κ3) is 6.32. The maximum atomic E-state index is 13.2. The number of nitrogens with zero attached hydrogens (tertiary/aromatic N) is 2. The van der Waals surface area contributed by atoms with Gasteiger partial charge in [0.1, 0.15) is 5.75 Å². The van der Waals surface area contributed by atoms with Crippen LogP contribution in [-0.4, -0.2) is 35.7 Å². The summed E-state index contributed by atoms with van der Waals surface area (Å²) < 4.78 is 5.22. The molecule has 8 nitrogen and oxygen atoms in total. The zero-order valence-electron chi connectivity index (χ0n) is 21.6. The summed E-state index contributed by atoms with van der Waals surface area (Å²) in [5, 5.41) is 18.2. The molecule has 0 spiro atoms.